The van der Waals surface area contributed by atoms with Crippen molar-refractivity contribution in [3.05, 3.63) is 46.6 Å². The lowest BCUT2D eigenvalue weighted by atomic mass is 9.73. The number of esters is 2. The summed E-state index contributed by atoms with van der Waals surface area (Å²) in [6.07, 6.45) is 6.06. The molecule has 4 atom stereocenters. The number of ketones is 3. The van der Waals surface area contributed by atoms with Crippen LogP contribution in [-0.2, 0) is 42.9 Å². The Morgan fingerprint density at radius 1 is 0.812 bits per heavy atom. The number of hydrogen-bond acceptors (Lipinski definition) is 9. The molecule has 0 aromatic carbocycles. The average Bonchev–Trinajstić information content (AvgIpc) is 2.78. The van der Waals surface area contributed by atoms with E-state index in [1.54, 1.807) is 0 Å². The Balaban J connectivity index is 1.85. The van der Waals surface area contributed by atoms with E-state index in [1.807, 2.05) is 0 Å². The van der Waals surface area contributed by atoms with Crippen molar-refractivity contribution in [3.63, 3.8) is 0 Å². The molecule has 2 heterocycles. The van der Waals surface area contributed by atoms with Crippen LogP contribution >= 0.6 is 0 Å². The lowest BCUT2D eigenvalue weighted by molar-refractivity contribution is -0.276. The lowest BCUT2D eigenvalue weighted by Gasteiger charge is -2.47. The molecule has 9 heteroatoms. The number of cyclic esters (lactones) is 2. The van der Waals surface area contributed by atoms with Gasteiger partial charge in [0.2, 0.25) is 0 Å². The minimum atomic E-state index is -2.31. The Hall–Kier alpha value is -3.17. The molecule has 4 unspecified atom stereocenters. The summed E-state index contributed by atoms with van der Waals surface area (Å²) in [6.45, 7) is 3.02. The first-order valence-corrected chi connectivity index (χ1v) is 10.1. The summed E-state index contributed by atoms with van der Waals surface area (Å²) in [7, 11) is 2.29. The number of allylic oxidation sites excluding steroid dienone is 4. The molecule has 4 rings (SSSR count). The van der Waals surface area contributed by atoms with Crippen molar-refractivity contribution in [3.8, 4) is 0 Å². The van der Waals surface area contributed by atoms with E-state index in [-0.39, 0.29) is 35.1 Å². The second kappa shape index (κ2) is 7.46. The molecular formula is C23H22O9. The first kappa shape index (κ1) is 22.0. The minimum Gasteiger partial charge on any atom is -0.421 e. The Labute approximate surface area is 183 Å². The zero-order valence-corrected chi connectivity index (χ0v) is 18.1. The molecule has 9 nitrogen and oxygen atoms in total. The Morgan fingerprint density at radius 2 is 1.19 bits per heavy atom. The minimum absolute atomic E-state index is 0.0940. The molecule has 0 N–H and O–H groups in total. The normalized spacial score (nSPS) is 34.2. The van der Waals surface area contributed by atoms with Gasteiger partial charge in [-0.3, -0.25) is 14.4 Å². The van der Waals surface area contributed by atoms with Gasteiger partial charge in [-0.05, 0) is 25.0 Å². The van der Waals surface area contributed by atoms with Gasteiger partial charge in [-0.15, -0.1) is 0 Å². The highest BCUT2D eigenvalue weighted by Gasteiger charge is 2.67. The first-order chi connectivity index (χ1) is 15.1. The maximum Gasteiger partial charge on any atom is 0.337 e. The van der Waals surface area contributed by atoms with E-state index >= 15 is 0 Å². The molecule has 0 bridgehead atoms. The van der Waals surface area contributed by atoms with Gasteiger partial charge in [0.25, 0.3) is 17.4 Å². The van der Waals surface area contributed by atoms with E-state index in [0.29, 0.717) is 0 Å². The highest BCUT2D eigenvalue weighted by Crippen LogP contribution is 2.47. The predicted octanol–water partition coefficient (Wildman–Crippen LogP) is 1.28. The number of rotatable bonds is 4. The Bertz CT molecular complexity index is 1000. The second-order valence-electron chi connectivity index (χ2n) is 8.02. The summed E-state index contributed by atoms with van der Waals surface area (Å²) in [5, 5.41) is 0. The molecule has 0 spiro atoms. The second-order valence-corrected chi connectivity index (χ2v) is 8.02. The number of carbonyl (C=O) groups is 5. The average molecular weight is 442 g/mol. The van der Waals surface area contributed by atoms with Crippen molar-refractivity contribution in [2.75, 3.05) is 14.2 Å². The summed E-state index contributed by atoms with van der Waals surface area (Å²) in [5.41, 5.74) is 0.472. The van der Waals surface area contributed by atoms with Crippen LogP contribution in [0, 0.1) is 11.8 Å². The smallest absolute Gasteiger partial charge is 0.337 e. The molecule has 0 saturated carbocycles. The van der Waals surface area contributed by atoms with Gasteiger partial charge in [-0.25, -0.2) is 9.59 Å². The van der Waals surface area contributed by atoms with Crippen LogP contribution < -0.4 is 0 Å². The van der Waals surface area contributed by atoms with Gasteiger partial charge in [0, 0.05) is 36.5 Å². The van der Waals surface area contributed by atoms with E-state index in [9.17, 15) is 24.0 Å². The standard InChI is InChI=1S/C23H22O9/c1-11-17-13(7-5-9-15(17)24)19(26)31-22(11,29-3)21(28)23(30-4)12(2)18-14(20(27)32-23)8-6-10-16(18)25/h5-6,9-12H,7-8H2,1-4H3. The summed E-state index contributed by atoms with van der Waals surface area (Å²) in [4.78, 5) is 64.8. The largest absolute Gasteiger partial charge is 0.421 e. The molecular weight excluding hydrogens is 420 g/mol. The van der Waals surface area contributed by atoms with Crippen LogP contribution in [0.5, 0.6) is 0 Å². The molecule has 2 aliphatic heterocycles. The van der Waals surface area contributed by atoms with Gasteiger partial charge in [0.1, 0.15) is 0 Å². The molecule has 0 radical (unpaired) electrons. The van der Waals surface area contributed by atoms with Gasteiger partial charge in [-0.1, -0.05) is 26.0 Å². The van der Waals surface area contributed by atoms with Crippen LogP contribution in [-0.4, -0.2) is 55.1 Å². The number of ether oxygens (including phenoxy) is 4. The fourth-order valence-electron chi connectivity index (χ4n) is 4.91. The van der Waals surface area contributed by atoms with Crippen LogP contribution in [0.3, 0.4) is 0 Å². The van der Waals surface area contributed by atoms with E-state index in [4.69, 9.17) is 18.9 Å². The summed E-state index contributed by atoms with van der Waals surface area (Å²) >= 11 is 0. The van der Waals surface area contributed by atoms with E-state index in [1.165, 1.54) is 38.2 Å². The maximum atomic E-state index is 14.0. The van der Waals surface area contributed by atoms with Crippen LogP contribution in [0.1, 0.15) is 26.7 Å². The van der Waals surface area contributed by atoms with E-state index in [0.717, 1.165) is 14.2 Å². The third kappa shape index (κ3) is 2.74. The maximum absolute atomic E-state index is 14.0. The van der Waals surface area contributed by atoms with Crippen molar-refractivity contribution in [2.24, 2.45) is 11.8 Å². The van der Waals surface area contributed by atoms with Crippen molar-refractivity contribution in [2.45, 2.75) is 38.3 Å². The monoisotopic (exact) mass is 442 g/mol. The fourth-order valence-corrected chi connectivity index (χ4v) is 4.91. The number of methoxy groups -OCH3 is 2. The molecule has 0 amide bonds. The Kier molecular flexibility index (Phi) is 5.14. The predicted molar refractivity (Wildman–Crippen MR) is 107 cm³/mol. The fraction of sp³-hybridized carbons (Fsp3) is 0.435. The molecule has 0 fully saturated rings. The molecule has 168 valence electrons. The molecule has 32 heavy (non-hydrogen) atoms. The van der Waals surface area contributed by atoms with Gasteiger partial charge in [0.15, 0.2) is 11.6 Å². The SMILES string of the molecule is COC1(C(=O)C2(OC)OC(=O)C3=C(C(=O)C=CC3)C2C)OC(=O)C2=C(C(=O)C=CC2)C1C. The van der Waals surface area contributed by atoms with Crippen molar-refractivity contribution < 1.29 is 42.9 Å². The number of carbonyl (C=O) groups excluding carboxylic acids is 5. The summed E-state index contributed by atoms with van der Waals surface area (Å²) in [5.74, 6) is -10.4. The van der Waals surface area contributed by atoms with Crippen molar-refractivity contribution in [1.29, 1.82) is 0 Å². The van der Waals surface area contributed by atoms with Crippen LogP contribution in [0.25, 0.3) is 0 Å². The molecule has 0 aromatic rings. The van der Waals surface area contributed by atoms with Crippen LogP contribution in [0.2, 0.25) is 0 Å². The number of hydrogen-bond donors (Lipinski definition) is 0. The van der Waals surface area contributed by atoms with Gasteiger partial charge in [0.05, 0.1) is 11.8 Å². The highest BCUT2D eigenvalue weighted by atomic mass is 16.7. The molecule has 2 aliphatic carbocycles. The first-order valence-electron chi connectivity index (χ1n) is 10.1. The Morgan fingerprint density at radius 3 is 1.53 bits per heavy atom. The van der Waals surface area contributed by atoms with Crippen LogP contribution in [0.15, 0.2) is 46.6 Å². The third-order valence-corrected chi connectivity index (χ3v) is 6.59. The lowest BCUT2D eigenvalue weighted by Crippen LogP contribution is -2.67. The topological polar surface area (TPSA) is 122 Å². The highest BCUT2D eigenvalue weighted by molar-refractivity contribution is 6.16. The van der Waals surface area contributed by atoms with Crippen LogP contribution in [0.4, 0.5) is 0 Å². The van der Waals surface area contributed by atoms with E-state index < -0.39 is 52.7 Å². The zero-order chi connectivity index (χ0) is 23.4. The third-order valence-electron chi connectivity index (χ3n) is 6.59. The summed E-state index contributed by atoms with van der Waals surface area (Å²) in [6, 6.07) is 0. The molecule has 0 saturated heterocycles. The quantitative estimate of drug-likeness (QED) is 0.593. The molecule has 4 aliphatic rings. The zero-order valence-electron chi connectivity index (χ0n) is 18.1. The van der Waals surface area contributed by atoms with E-state index in [2.05, 4.69) is 0 Å². The van der Waals surface area contributed by atoms with Crippen molar-refractivity contribution in [1.82, 2.24) is 0 Å². The van der Waals surface area contributed by atoms with Gasteiger partial charge < -0.3 is 18.9 Å². The van der Waals surface area contributed by atoms with Crippen molar-refractivity contribution >= 4 is 29.3 Å². The summed E-state index contributed by atoms with van der Waals surface area (Å²) < 4.78 is 21.9. The number of Topliss-reactive ketones (excluding diaryl/α,β-unsaturated/α-hetero) is 1. The van der Waals surface area contributed by atoms with Gasteiger partial charge >= 0.3 is 11.9 Å². The molecule has 0 aromatic heterocycles. The van der Waals surface area contributed by atoms with Gasteiger partial charge in [-0.2, -0.15) is 0 Å².